The van der Waals surface area contributed by atoms with Gasteiger partial charge in [-0.1, -0.05) is 0 Å². The zero-order valence-electron chi connectivity index (χ0n) is 12.9. The molecule has 2 aromatic heterocycles. The second kappa shape index (κ2) is 7.67. The molecule has 132 valence electrons. The molecular weight excluding hydrogens is 341 g/mol. The van der Waals surface area contributed by atoms with Gasteiger partial charge in [0.15, 0.2) is 11.5 Å². The quantitative estimate of drug-likeness (QED) is 0.333. The molecule has 2 aromatic rings. The molecule has 0 saturated heterocycles. The normalized spacial score (nSPS) is 13.1. The van der Waals surface area contributed by atoms with E-state index in [0.29, 0.717) is 17.6 Å². The lowest BCUT2D eigenvalue weighted by atomic mass is 10.2. The van der Waals surface area contributed by atoms with Crippen molar-refractivity contribution in [1.82, 2.24) is 19.5 Å². The maximum absolute atomic E-state index is 11.1. The van der Waals surface area contributed by atoms with Crippen molar-refractivity contribution in [3.05, 3.63) is 12.7 Å². The number of ether oxygens (including phenoxy) is 2. The number of hydrogen-bond acceptors (Lipinski definition) is 8. The standard InChI is InChI=1S/C12H18N5O6P/c1-8(18)23-4-9(2-3-22-7-24(19,20)21)17-6-16-10-11(13)14-5-15-12(10)17/h5-6,9H,2-4,7H2,1H3,(H2,13,14,15)(H2,19,20,21). The number of nitrogens with zero attached hydrogens (tertiary/aromatic N) is 4. The average molecular weight is 359 g/mol. The molecule has 24 heavy (non-hydrogen) atoms. The molecule has 12 heteroatoms. The predicted octanol–water partition coefficient (Wildman–Crippen LogP) is 0.0546. The van der Waals surface area contributed by atoms with Gasteiger partial charge in [0.05, 0.1) is 12.4 Å². The highest BCUT2D eigenvalue weighted by Gasteiger charge is 2.19. The van der Waals surface area contributed by atoms with E-state index >= 15 is 0 Å². The number of nitrogen functional groups attached to an aromatic ring is 1. The summed E-state index contributed by atoms with van der Waals surface area (Å²) in [6.45, 7) is 1.37. The number of carbonyl (C=O) groups is 1. The van der Waals surface area contributed by atoms with Crippen molar-refractivity contribution < 1.29 is 28.6 Å². The number of nitrogens with two attached hydrogens (primary N) is 1. The van der Waals surface area contributed by atoms with Gasteiger partial charge in [-0.3, -0.25) is 9.36 Å². The van der Waals surface area contributed by atoms with Crippen molar-refractivity contribution in [1.29, 1.82) is 0 Å². The van der Waals surface area contributed by atoms with E-state index in [4.69, 9.17) is 25.0 Å². The van der Waals surface area contributed by atoms with Crippen molar-refractivity contribution in [2.45, 2.75) is 19.4 Å². The molecular formula is C12H18N5O6P. The van der Waals surface area contributed by atoms with Crippen LogP contribution in [0.3, 0.4) is 0 Å². The van der Waals surface area contributed by atoms with Crippen molar-refractivity contribution in [2.24, 2.45) is 0 Å². The summed E-state index contributed by atoms with van der Waals surface area (Å²) in [5.74, 6) is -0.225. The average Bonchev–Trinajstić information content (AvgIpc) is 2.90. The number of carbonyl (C=O) groups excluding carboxylic acids is 1. The topological polar surface area (TPSA) is 163 Å². The highest BCUT2D eigenvalue weighted by molar-refractivity contribution is 7.51. The van der Waals surface area contributed by atoms with Crippen molar-refractivity contribution in [3.63, 3.8) is 0 Å². The van der Waals surface area contributed by atoms with Crippen LogP contribution >= 0.6 is 7.60 Å². The molecule has 11 nitrogen and oxygen atoms in total. The second-order valence-corrected chi connectivity index (χ2v) is 6.62. The third kappa shape index (κ3) is 4.96. The summed E-state index contributed by atoms with van der Waals surface area (Å²) in [5.41, 5.74) is 6.62. The first kappa shape index (κ1) is 18.3. The number of anilines is 1. The first-order chi connectivity index (χ1) is 11.3. The van der Waals surface area contributed by atoms with Gasteiger partial charge < -0.3 is 29.6 Å². The summed E-state index contributed by atoms with van der Waals surface area (Å²) < 4.78 is 22.5. The monoisotopic (exact) mass is 359 g/mol. The van der Waals surface area contributed by atoms with Crippen LogP contribution < -0.4 is 5.73 Å². The number of hydrogen-bond donors (Lipinski definition) is 3. The van der Waals surface area contributed by atoms with E-state index in [1.807, 2.05) is 0 Å². The summed E-state index contributed by atoms with van der Waals surface area (Å²) >= 11 is 0. The second-order valence-electron chi connectivity index (χ2n) is 5.03. The molecule has 0 aliphatic heterocycles. The van der Waals surface area contributed by atoms with Gasteiger partial charge in [-0.2, -0.15) is 0 Å². The van der Waals surface area contributed by atoms with Gasteiger partial charge in [0.25, 0.3) is 0 Å². The van der Waals surface area contributed by atoms with Gasteiger partial charge in [0, 0.05) is 13.5 Å². The first-order valence-corrected chi connectivity index (χ1v) is 8.76. The lowest BCUT2D eigenvalue weighted by Crippen LogP contribution is -2.19. The van der Waals surface area contributed by atoms with Crippen LogP contribution in [0, 0.1) is 0 Å². The van der Waals surface area contributed by atoms with E-state index in [-0.39, 0.29) is 25.1 Å². The van der Waals surface area contributed by atoms with Gasteiger partial charge in [-0.25, -0.2) is 15.0 Å². The fourth-order valence-electron chi connectivity index (χ4n) is 2.06. The first-order valence-electron chi connectivity index (χ1n) is 6.96. The van der Waals surface area contributed by atoms with E-state index in [0.717, 1.165) is 0 Å². The maximum atomic E-state index is 11.1. The molecule has 0 aliphatic carbocycles. The van der Waals surface area contributed by atoms with Crippen molar-refractivity contribution in [2.75, 3.05) is 25.3 Å². The van der Waals surface area contributed by atoms with Crippen molar-refractivity contribution in [3.8, 4) is 0 Å². The van der Waals surface area contributed by atoms with E-state index in [1.54, 1.807) is 4.57 Å². The number of fused-ring (bicyclic) bond motifs is 1. The smallest absolute Gasteiger partial charge is 0.350 e. The van der Waals surface area contributed by atoms with Gasteiger partial charge in [-0.15, -0.1) is 0 Å². The zero-order chi connectivity index (χ0) is 17.7. The van der Waals surface area contributed by atoms with Crippen LogP contribution in [0.2, 0.25) is 0 Å². The minimum atomic E-state index is -4.23. The van der Waals surface area contributed by atoms with Gasteiger partial charge in [0.1, 0.15) is 24.8 Å². The minimum absolute atomic E-state index is 0.0317. The van der Waals surface area contributed by atoms with E-state index in [9.17, 15) is 9.36 Å². The van der Waals surface area contributed by atoms with Crippen LogP contribution in [0.4, 0.5) is 5.82 Å². The van der Waals surface area contributed by atoms with Crippen LogP contribution in [0.5, 0.6) is 0 Å². The molecule has 0 radical (unpaired) electrons. The molecule has 4 N–H and O–H groups in total. The summed E-state index contributed by atoms with van der Waals surface area (Å²) in [6, 6.07) is -0.384. The Morgan fingerprint density at radius 2 is 2.17 bits per heavy atom. The third-order valence-corrected chi connectivity index (χ3v) is 3.63. The molecule has 0 fully saturated rings. The van der Waals surface area contributed by atoms with Crippen LogP contribution in [0.25, 0.3) is 11.2 Å². The number of aromatic nitrogens is 4. The van der Waals surface area contributed by atoms with E-state index in [1.165, 1.54) is 19.6 Å². The largest absolute Gasteiger partial charge is 0.464 e. The molecule has 0 bridgehead atoms. The lowest BCUT2D eigenvalue weighted by molar-refractivity contribution is -0.142. The Bertz CT molecular complexity index is 759. The predicted molar refractivity (Wildman–Crippen MR) is 82.9 cm³/mol. The molecule has 2 rings (SSSR count). The van der Waals surface area contributed by atoms with Gasteiger partial charge in [0.2, 0.25) is 0 Å². The summed E-state index contributed by atoms with van der Waals surface area (Å²) in [6.07, 6.45) is 2.44. The highest BCUT2D eigenvalue weighted by atomic mass is 31.2. The highest BCUT2D eigenvalue weighted by Crippen LogP contribution is 2.34. The number of esters is 1. The minimum Gasteiger partial charge on any atom is -0.464 e. The SMILES string of the molecule is CC(=O)OCC(CCOCP(=O)(O)O)n1cnc2c(N)ncnc21. The molecule has 0 amide bonds. The van der Waals surface area contributed by atoms with Gasteiger partial charge in [-0.05, 0) is 6.42 Å². The molecule has 0 spiro atoms. The van der Waals surface area contributed by atoms with Crippen molar-refractivity contribution >= 4 is 30.5 Å². The summed E-state index contributed by atoms with van der Waals surface area (Å²) in [7, 11) is -4.23. The van der Waals surface area contributed by atoms with E-state index < -0.39 is 19.9 Å². The Hall–Kier alpha value is -2.07. The van der Waals surface area contributed by atoms with Crippen LogP contribution in [-0.2, 0) is 18.8 Å². The third-order valence-electron chi connectivity index (χ3n) is 3.11. The molecule has 1 atom stereocenters. The Morgan fingerprint density at radius 1 is 1.42 bits per heavy atom. The van der Waals surface area contributed by atoms with Crippen LogP contribution in [0.15, 0.2) is 12.7 Å². The van der Waals surface area contributed by atoms with Crippen LogP contribution in [-0.4, -0.2) is 54.8 Å². The molecule has 1 unspecified atom stereocenters. The molecule has 0 aromatic carbocycles. The zero-order valence-corrected chi connectivity index (χ0v) is 13.8. The Kier molecular flexibility index (Phi) is 5.84. The lowest BCUT2D eigenvalue weighted by Gasteiger charge is -2.18. The fraction of sp³-hybridized carbons (Fsp3) is 0.500. The summed E-state index contributed by atoms with van der Waals surface area (Å²) in [4.78, 5) is 40.8. The number of imidazole rings is 1. The molecule has 0 saturated carbocycles. The number of rotatable bonds is 8. The Labute approximate surface area is 137 Å². The van der Waals surface area contributed by atoms with Crippen LogP contribution in [0.1, 0.15) is 19.4 Å². The maximum Gasteiger partial charge on any atom is 0.350 e. The Balaban J connectivity index is 2.13. The molecule has 2 heterocycles. The summed E-state index contributed by atoms with van der Waals surface area (Å²) in [5, 5.41) is 0. The molecule has 0 aliphatic rings. The Morgan fingerprint density at radius 3 is 2.83 bits per heavy atom. The van der Waals surface area contributed by atoms with Gasteiger partial charge >= 0.3 is 13.6 Å². The fourth-order valence-corrected chi connectivity index (χ4v) is 2.42. The van der Waals surface area contributed by atoms with E-state index in [2.05, 4.69) is 15.0 Å².